The number of nitrogens with zero attached hydrogens (tertiary/aromatic N) is 4. The van der Waals surface area contributed by atoms with Gasteiger partial charge in [0.25, 0.3) is 0 Å². The largest absolute Gasteiger partial charge is 0.281 e. The average Bonchev–Trinajstić information content (AvgIpc) is 2.97. The number of aryl methyl sites for hydroxylation is 1. The van der Waals surface area contributed by atoms with E-state index in [1.165, 1.54) is 10.5 Å². The minimum Gasteiger partial charge on any atom is -0.281 e. The summed E-state index contributed by atoms with van der Waals surface area (Å²) in [5, 5.41) is 10.8. The smallest absolute Gasteiger partial charge is 0.246 e. The second kappa shape index (κ2) is 5.27. The van der Waals surface area contributed by atoms with Crippen LogP contribution in [0.3, 0.4) is 0 Å². The van der Waals surface area contributed by atoms with Gasteiger partial charge in [0.1, 0.15) is 4.90 Å². The van der Waals surface area contributed by atoms with Gasteiger partial charge >= 0.3 is 0 Å². The summed E-state index contributed by atoms with van der Waals surface area (Å²) in [5.74, 6) is 0. The molecule has 0 saturated carbocycles. The highest BCUT2D eigenvalue weighted by Crippen LogP contribution is 2.28. The number of nitrogens with one attached hydrogen (secondary N) is 1. The molecule has 0 amide bonds. The fraction of sp³-hybridized carbons (Fsp3) is 0.538. The Kier molecular flexibility index (Phi) is 3.94. The summed E-state index contributed by atoms with van der Waals surface area (Å²) in [6.07, 6.45) is 4.83. The summed E-state index contributed by atoms with van der Waals surface area (Å²) in [6.45, 7) is 6.10. The van der Waals surface area contributed by atoms with Crippen LogP contribution in [-0.2, 0) is 29.0 Å². The molecule has 0 saturated heterocycles. The maximum atomic E-state index is 12.7. The minimum atomic E-state index is -3.60. The molecule has 0 radical (unpaired) electrons. The highest BCUT2D eigenvalue weighted by molar-refractivity contribution is 7.89. The van der Waals surface area contributed by atoms with Gasteiger partial charge in [0.15, 0.2) is 0 Å². The topological polar surface area (TPSA) is 83.9 Å². The lowest BCUT2D eigenvalue weighted by molar-refractivity contribution is 0.461. The minimum absolute atomic E-state index is 0.224. The van der Waals surface area contributed by atoms with Crippen LogP contribution in [0.4, 0.5) is 0 Å². The molecule has 0 aromatic carbocycles. The van der Waals surface area contributed by atoms with Crippen molar-refractivity contribution in [2.24, 2.45) is 7.05 Å². The van der Waals surface area contributed by atoms with E-state index in [2.05, 4.69) is 15.3 Å². The summed E-state index contributed by atoms with van der Waals surface area (Å²) in [6, 6.07) is 0. The molecular weight excluding hydrogens is 290 g/mol. The van der Waals surface area contributed by atoms with E-state index in [0.29, 0.717) is 5.69 Å². The lowest BCUT2D eigenvalue weighted by Gasteiger charge is -2.21. The van der Waals surface area contributed by atoms with Crippen molar-refractivity contribution in [2.75, 3.05) is 7.05 Å². The highest BCUT2D eigenvalue weighted by Gasteiger charge is 2.30. The first-order valence-electron chi connectivity index (χ1n) is 6.60. The Bertz CT molecular complexity index is 724. The maximum absolute atomic E-state index is 12.7. The van der Waals surface area contributed by atoms with Crippen LogP contribution < -0.4 is 0 Å². The van der Waals surface area contributed by atoms with E-state index in [1.807, 2.05) is 20.8 Å². The van der Waals surface area contributed by atoms with E-state index in [0.717, 1.165) is 5.56 Å². The molecule has 0 fully saturated rings. The van der Waals surface area contributed by atoms with Crippen LogP contribution in [0, 0.1) is 0 Å². The second-order valence-electron chi connectivity index (χ2n) is 6.14. The molecule has 21 heavy (non-hydrogen) atoms. The van der Waals surface area contributed by atoms with Crippen LogP contribution in [-0.4, -0.2) is 39.7 Å². The number of sulfonamides is 1. The predicted octanol–water partition coefficient (Wildman–Crippen LogP) is 1.26. The van der Waals surface area contributed by atoms with E-state index in [9.17, 15) is 8.42 Å². The molecule has 8 heteroatoms. The quantitative estimate of drug-likeness (QED) is 0.921. The first-order valence-corrected chi connectivity index (χ1v) is 8.04. The Morgan fingerprint density at radius 1 is 1.33 bits per heavy atom. The molecule has 1 N–H and O–H groups in total. The van der Waals surface area contributed by atoms with E-state index < -0.39 is 10.0 Å². The highest BCUT2D eigenvalue weighted by atomic mass is 32.2. The van der Waals surface area contributed by atoms with E-state index in [1.54, 1.807) is 31.2 Å². The molecule has 0 aliphatic carbocycles. The molecule has 0 aliphatic heterocycles. The zero-order chi connectivity index (χ0) is 15.8. The Morgan fingerprint density at radius 2 is 2.00 bits per heavy atom. The van der Waals surface area contributed by atoms with Gasteiger partial charge in [0, 0.05) is 37.8 Å². The first kappa shape index (κ1) is 15.7. The number of hydrogen-bond donors (Lipinski definition) is 1. The van der Waals surface area contributed by atoms with E-state index >= 15 is 0 Å². The number of aromatic nitrogens is 4. The van der Waals surface area contributed by atoms with E-state index in [4.69, 9.17) is 0 Å². The van der Waals surface area contributed by atoms with Crippen LogP contribution in [0.25, 0.3) is 0 Å². The van der Waals surface area contributed by atoms with Gasteiger partial charge in [-0.15, -0.1) is 0 Å². The molecule has 2 heterocycles. The van der Waals surface area contributed by atoms with Crippen molar-refractivity contribution in [3.8, 4) is 0 Å². The van der Waals surface area contributed by atoms with Crippen LogP contribution >= 0.6 is 0 Å². The van der Waals surface area contributed by atoms with Crippen molar-refractivity contribution in [3.63, 3.8) is 0 Å². The van der Waals surface area contributed by atoms with Crippen molar-refractivity contribution in [2.45, 2.75) is 37.6 Å². The van der Waals surface area contributed by atoms with Crippen LogP contribution in [0.1, 0.15) is 32.0 Å². The van der Waals surface area contributed by atoms with Gasteiger partial charge in [0.05, 0.1) is 18.1 Å². The fourth-order valence-corrected chi connectivity index (χ4v) is 3.52. The van der Waals surface area contributed by atoms with Gasteiger partial charge in [-0.2, -0.15) is 14.5 Å². The molecule has 116 valence electrons. The van der Waals surface area contributed by atoms with E-state index in [-0.39, 0.29) is 16.9 Å². The van der Waals surface area contributed by atoms with Crippen molar-refractivity contribution >= 4 is 10.0 Å². The van der Waals surface area contributed by atoms with Crippen molar-refractivity contribution in [1.82, 2.24) is 24.3 Å². The SMILES string of the molecule is CN(Cc1cnn(C)c1)S(=O)(=O)c1cn[nH]c1C(C)(C)C. The monoisotopic (exact) mass is 311 g/mol. The van der Waals surface area contributed by atoms with Gasteiger partial charge in [0.2, 0.25) is 10.0 Å². The third kappa shape index (κ3) is 3.16. The van der Waals surface area contributed by atoms with Crippen molar-refractivity contribution in [3.05, 3.63) is 29.8 Å². The maximum Gasteiger partial charge on any atom is 0.246 e. The Morgan fingerprint density at radius 3 is 2.52 bits per heavy atom. The van der Waals surface area contributed by atoms with Gasteiger partial charge in [-0.25, -0.2) is 8.42 Å². The Hall–Kier alpha value is -1.67. The van der Waals surface area contributed by atoms with Crippen LogP contribution in [0.2, 0.25) is 0 Å². The molecule has 0 bridgehead atoms. The van der Waals surface area contributed by atoms with Crippen LogP contribution in [0.15, 0.2) is 23.5 Å². The van der Waals surface area contributed by atoms with Crippen LogP contribution in [0.5, 0.6) is 0 Å². The molecule has 2 aromatic rings. The standard InChI is InChI=1S/C13H21N5O2S/c1-13(2,3)12-11(7-14-16-12)21(19,20)18(5)9-10-6-15-17(4)8-10/h6-8H,9H2,1-5H3,(H,14,16). The molecule has 0 spiro atoms. The Balaban J connectivity index is 2.32. The molecule has 0 aliphatic rings. The average molecular weight is 311 g/mol. The normalized spacial score (nSPS) is 13.0. The second-order valence-corrected chi connectivity index (χ2v) is 8.16. The van der Waals surface area contributed by atoms with Crippen molar-refractivity contribution < 1.29 is 8.42 Å². The fourth-order valence-electron chi connectivity index (χ4n) is 2.07. The summed E-state index contributed by atoms with van der Waals surface area (Å²) < 4.78 is 28.4. The molecule has 7 nitrogen and oxygen atoms in total. The summed E-state index contributed by atoms with van der Waals surface area (Å²) in [7, 11) is -0.241. The zero-order valence-electron chi connectivity index (χ0n) is 13.0. The third-order valence-electron chi connectivity index (χ3n) is 3.21. The Labute approximate surface area is 125 Å². The lowest BCUT2D eigenvalue weighted by Crippen LogP contribution is -2.28. The third-order valence-corrected chi connectivity index (χ3v) is 5.02. The number of rotatable bonds is 4. The molecule has 0 atom stereocenters. The summed E-state index contributed by atoms with van der Waals surface area (Å²) in [4.78, 5) is 0.224. The molecule has 2 aromatic heterocycles. The number of aromatic amines is 1. The van der Waals surface area contributed by atoms with Gasteiger partial charge < -0.3 is 0 Å². The molecular formula is C13H21N5O2S. The van der Waals surface area contributed by atoms with Gasteiger partial charge in [-0.05, 0) is 0 Å². The predicted molar refractivity (Wildman–Crippen MR) is 79.1 cm³/mol. The lowest BCUT2D eigenvalue weighted by atomic mass is 9.92. The molecule has 2 rings (SSSR count). The first-order chi connectivity index (χ1) is 9.62. The molecule has 0 unspecified atom stereocenters. The number of hydrogen-bond acceptors (Lipinski definition) is 4. The summed E-state index contributed by atoms with van der Waals surface area (Å²) in [5.41, 5.74) is 1.12. The zero-order valence-corrected chi connectivity index (χ0v) is 13.8. The van der Waals surface area contributed by atoms with Crippen molar-refractivity contribution in [1.29, 1.82) is 0 Å². The number of H-pyrrole nitrogens is 1. The van der Waals surface area contributed by atoms with Gasteiger partial charge in [-0.3, -0.25) is 9.78 Å². The van der Waals surface area contributed by atoms with Gasteiger partial charge in [-0.1, -0.05) is 20.8 Å². The summed E-state index contributed by atoms with van der Waals surface area (Å²) >= 11 is 0.